The predicted molar refractivity (Wildman–Crippen MR) is 66.9 cm³/mol. The number of ether oxygens (including phenoxy) is 1. The van der Waals surface area contributed by atoms with Gasteiger partial charge in [-0.15, -0.1) is 11.6 Å². The van der Waals surface area contributed by atoms with E-state index in [1.165, 1.54) is 18.5 Å². The van der Waals surface area contributed by atoms with Crippen molar-refractivity contribution in [3.8, 4) is 5.75 Å². The number of amides is 1. The minimum Gasteiger partial charge on any atom is -0.505 e. The van der Waals surface area contributed by atoms with Gasteiger partial charge in [0.25, 0.3) is 5.91 Å². The molecular formula is C12H15ClN2O3. The van der Waals surface area contributed by atoms with Gasteiger partial charge >= 0.3 is 0 Å². The van der Waals surface area contributed by atoms with E-state index < -0.39 is 0 Å². The first kappa shape index (κ1) is 13.1. The molecule has 1 fully saturated rings. The average Bonchev–Trinajstić information content (AvgIpc) is 2.39. The van der Waals surface area contributed by atoms with E-state index in [9.17, 15) is 9.90 Å². The normalized spacial score (nSPS) is 24.0. The molecular weight excluding hydrogens is 256 g/mol. The second kappa shape index (κ2) is 5.54. The first-order valence-electron chi connectivity index (χ1n) is 5.75. The van der Waals surface area contributed by atoms with E-state index >= 15 is 0 Å². The van der Waals surface area contributed by atoms with Crippen LogP contribution in [0.25, 0.3) is 0 Å². The predicted octanol–water partition coefficient (Wildman–Crippen LogP) is 1.26. The van der Waals surface area contributed by atoms with E-state index in [0.717, 1.165) is 0 Å². The third kappa shape index (κ3) is 2.57. The Balaban J connectivity index is 2.19. The Kier molecular flexibility index (Phi) is 4.04. The number of carbonyl (C=O) groups is 1. The third-order valence-electron chi connectivity index (χ3n) is 2.97. The van der Waals surface area contributed by atoms with E-state index in [-0.39, 0.29) is 29.4 Å². The molecule has 1 N–H and O–H groups in total. The van der Waals surface area contributed by atoms with Gasteiger partial charge in [-0.2, -0.15) is 0 Å². The summed E-state index contributed by atoms with van der Waals surface area (Å²) >= 11 is 5.75. The van der Waals surface area contributed by atoms with E-state index in [2.05, 4.69) is 4.98 Å². The van der Waals surface area contributed by atoms with Crippen LogP contribution < -0.4 is 0 Å². The van der Waals surface area contributed by atoms with Crippen LogP contribution >= 0.6 is 11.6 Å². The molecule has 1 aliphatic heterocycles. The summed E-state index contributed by atoms with van der Waals surface area (Å²) in [6.07, 6.45) is 2.59. The third-order valence-corrected chi connectivity index (χ3v) is 3.31. The molecule has 2 heterocycles. The molecule has 2 atom stereocenters. The first-order valence-corrected chi connectivity index (χ1v) is 6.28. The standard InChI is InChI=1S/C12H15ClN2O3/c1-8-7-18-9(4-13)6-15(8)12(17)10-2-3-14-5-11(10)16/h2-3,5,8-9,16H,4,6-7H2,1H3. The topological polar surface area (TPSA) is 62.7 Å². The summed E-state index contributed by atoms with van der Waals surface area (Å²) in [6, 6.07) is 1.47. The molecule has 5 nitrogen and oxygen atoms in total. The number of nitrogens with zero attached hydrogens (tertiary/aromatic N) is 2. The number of hydrogen-bond acceptors (Lipinski definition) is 4. The molecule has 0 saturated carbocycles. The fraction of sp³-hybridized carbons (Fsp3) is 0.500. The Bertz CT molecular complexity index is 441. The van der Waals surface area contributed by atoms with Gasteiger partial charge in [-0.25, -0.2) is 0 Å². The Morgan fingerprint density at radius 1 is 1.72 bits per heavy atom. The van der Waals surface area contributed by atoms with Gasteiger partial charge in [-0.1, -0.05) is 0 Å². The average molecular weight is 271 g/mol. The second-order valence-electron chi connectivity index (χ2n) is 4.31. The molecule has 1 aliphatic rings. The van der Waals surface area contributed by atoms with Crippen molar-refractivity contribution < 1.29 is 14.6 Å². The van der Waals surface area contributed by atoms with Gasteiger partial charge in [-0.3, -0.25) is 9.78 Å². The number of rotatable bonds is 2. The number of hydrogen-bond donors (Lipinski definition) is 1. The molecule has 0 aromatic carbocycles. The molecule has 0 spiro atoms. The summed E-state index contributed by atoms with van der Waals surface area (Å²) in [6.45, 7) is 2.79. The maximum Gasteiger partial charge on any atom is 0.258 e. The summed E-state index contributed by atoms with van der Waals surface area (Å²) in [5.41, 5.74) is 0.257. The lowest BCUT2D eigenvalue weighted by Crippen LogP contribution is -2.51. The summed E-state index contributed by atoms with van der Waals surface area (Å²) in [5.74, 6) is 0.0168. The van der Waals surface area contributed by atoms with Gasteiger partial charge in [0, 0.05) is 12.7 Å². The van der Waals surface area contributed by atoms with Crippen LogP contribution in [0.3, 0.4) is 0 Å². The molecule has 0 bridgehead atoms. The zero-order chi connectivity index (χ0) is 13.1. The minimum absolute atomic E-state index is 0.0375. The molecule has 98 valence electrons. The van der Waals surface area contributed by atoms with Gasteiger partial charge in [0.05, 0.1) is 36.4 Å². The van der Waals surface area contributed by atoms with E-state index in [1.54, 1.807) is 4.90 Å². The second-order valence-corrected chi connectivity index (χ2v) is 4.62. The minimum atomic E-state index is -0.221. The van der Waals surface area contributed by atoms with Crippen molar-refractivity contribution in [1.82, 2.24) is 9.88 Å². The number of halogens is 1. The number of morpholine rings is 1. The molecule has 1 aromatic heterocycles. The van der Waals surface area contributed by atoms with Gasteiger partial charge in [0.1, 0.15) is 5.75 Å². The van der Waals surface area contributed by atoms with Crippen molar-refractivity contribution >= 4 is 17.5 Å². The Morgan fingerprint density at radius 3 is 3.17 bits per heavy atom. The van der Waals surface area contributed by atoms with Crippen LogP contribution in [0, 0.1) is 0 Å². The van der Waals surface area contributed by atoms with E-state index in [0.29, 0.717) is 19.0 Å². The molecule has 2 unspecified atom stereocenters. The maximum atomic E-state index is 12.3. The number of carbonyl (C=O) groups excluding carboxylic acids is 1. The fourth-order valence-corrected chi connectivity index (χ4v) is 2.10. The molecule has 0 aliphatic carbocycles. The lowest BCUT2D eigenvalue weighted by molar-refractivity contribution is -0.0372. The monoisotopic (exact) mass is 270 g/mol. The summed E-state index contributed by atoms with van der Waals surface area (Å²) in [4.78, 5) is 17.8. The number of aromatic hydroxyl groups is 1. The van der Waals surface area contributed by atoms with Crippen molar-refractivity contribution in [2.45, 2.75) is 19.1 Å². The number of aromatic nitrogens is 1. The van der Waals surface area contributed by atoms with Crippen molar-refractivity contribution in [1.29, 1.82) is 0 Å². The molecule has 2 rings (SSSR count). The summed E-state index contributed by atoms with van der Waals surface area (Å²) in [5, 5.41) is 9.65. The highest BCUT2D eigenvalue weighted by Crippen LogP contribution is 2.21. The fourth-order valence-electron chi connectivity index (χ4n) is 1.92. The Hall–Kier alpha value is -1.33. The van der Waals surface area contributed by atoms with Crippen molar-refractivity contribution in [3.63, 3.8) is 0 Å². The number of pyridine rings is 1. The van der Waals surface area contributed by atoms with Crippen LogP contribution in [0.4, 0.5) is 0 Å². The maximum absolute atomic E-state index is 12.3. The van der Waals surface area contributed by atoms with E-state index in [4.69, 9.17) is 16.3 Å². The summed E-state index contributed by atoms with van der Waals surface area (Å²) in [7, 11) is 0. The van der Waals surface area contributed by atoms with Crippen LogP contribution in [0.15, 0.2) is 18.5 Å². The van der Waals surface area contributed by atoms with Gasteiger partial charge in [0.2, 0.25) is 0 Å². The smallest absolute Gasteiger partial charge is 0.258 e. The van der Waals surface area contributed by atoms with Crippen LogP contribution in [0.5, 0.6) is 5.75 Å². The lowest BCUT2D eigenvalue weighted by Gasteiger charge is -2.37. The summed E-state index contributed by atoms with van der Waals surface area (Å²) < 4.78 is 5.49. The zero-order valence-corrected chi connectivity index (χ0v) is 10.8. The SMILES string of the molecule is CC1COC(CCl)CN1C(=O)c1ccncc1O. The Labute approximate surface area is 110 Å². The molecule has 1 aromatic rings. The highest BCUT2D eigenvalue weighted by molar-refractivity contribution is 6.18. The van der Waals surface area contributed by atoms with Crippen LogP contribution in [0.1, 0.15) is 17.3 Å². The quantitative estimate of drug-likeness (QED) is 0.822. The molecule has 18 heavy (non-hydrogen) atoms. The van der Waals surface area contributed by atoms with Crippen molar-refractivity contribution in [2.75, 3.05) is 19.0 Å². The highest BCUT2D eigenvalue weighted by Gasteiger charge is 2.30. The zero-order valence-electron chi connectivity index (χ0n) is 10.0. The van der Waals surface area contributed by atoms with Crippen molar-refractivity contribution in [3.05, 3.63) is 24.0 Å². The van der Waals surface area contributed by atoms with Gasteiger partial charge in [0.15, 0.2) is 0 Å². The van der Waals surface area contributed by atoms with Crippen LogP contribution in [0.2, 0.25) is 0 Å². The van der Waals surface area contributed by atoms with Gasteiger partial charge < -0.3 is 14.7 Å². The van der Waals surface area contributed by atoms with Gasteiger partial charge in [-0.05, 0) is 13.0 Å². The number of alkyl halides is 1. The molecule has 1 saturated heterocycles. The molecule has 1 amide bonds. The Morgan fingerprint density at radius 2 is 2.50 bits per heavy atom. The molecule has 0 radical (unpaired) electrons. The largest absolute Gasteiger partial charge is 0.505 e. The highest BCUT2D eigenvalue weighted by atomic mass is 35.5. The first-order chi connectivity index (χ1) is 8.63. The van der Waals surface area contributed by atoms with Crippen molar-refractivity contribution in [2.24, 2.45) is 0 Å². The lowest BCUT2D eigenvalue weighted by atomic mass is 10.1. The van der Waals surface area contributed by atoms with Crippen LogP contribution in [-0.4, -0.2) is 52.1 Å². The van der Waals surface area contributed by atoms with E-state index in [1.807, 2.05) is 6.92 Å². The van der Waals surface area contributed by atoms with Crippen LogP contribution in [-0.2, 0) is 4.74 Å². The molecule has 6 heteroatoms.